The number of ketones is 2. The molecule has 1 aliphatic heterocycles. The molecule has 0 amide bonds. The molecular weight excluding hydrogens is 558 g/mol. The van der Waals surface area contributed by atoms with E-state index in [-0.39, 0.29) is 22.4 Å². The molecule has 0 atom stereocenters. The Labute approximate surface area is 259 Å². The molecule has 0 bridgehead atoms. The van der Waals surface area contributed by atoms with Crippen LogP contribution in [-0.4, -0.2) is 30.1 Å². The molecule has 3 aromatic carbocycles. The second-order valence-electron chi connectivity index (χ2n) is 13.7. The Kier molecular flexibility index (Phi) is 7.45. The summed E-state index contributed by atoms with van der Waals surface area (Å²) in [4.78, 5) is 30.2. The van der Waals surface area contributed by atoms with Crippen molar-refractivity contribution in [3.63, 3.8) is 0 Å². The van der Waals surface area contributed by atoms with Gasteiger partial charge in [0.05, 0.1) is 12.1 Å². The number of rotatable bonds is 6. The summed E-state index contributed by atoms with van der Waals surface area (Å²) in [5, 5.41) is 2.66. The minimum atomic E-state index is -0.487. The average molecular weight is 598 g/mol. The second kappa shape index (κ2) is 10.9. The zero-order valence-corrected chi connectivity index (χ0v) is 26.7. The van der Waals surface area contributed by atoms with Crippen molar-refractivity contribution in [2.24, 2.45) is 10.8 Å². The van der Waals surface area contributed by atoms with Crippen molar-refractivity contribution in [3.8, 4) is 11.5 Å². The molecule has 0 spiro atoms. The van der Waals surface area contributed by atoms with Crippen molar-refractivity contribution in [1.29, 1.82) is 0 Å². The lowest BCUT2D eigenvalue weighted by atomic mass is 9.63. The first-order valence-electron chi connectivity index (χ1n) is 15.2. The molecule has 0 aromatic heterocycles. The molecule has 43 heavy (non-hydrogen) atoms. The first-order chi connectivity index (χ1) is 20.4. The van der Waals surface area contributed by atoms with Gasteiger partial charge < -0.3 is 14.4 Å². The molecule has 0 unspecified atom stereocenters. The highest BCUT2D eigenvalue weighted by molar-refractivity contribution is 6.32. The Morgan fingerprint density at radius 3 is 2.07 bits per heavy atom. The summed E-state index contributed by atoms with van der Waals surface area (Å²) in [5.41, 5.74) is 5.07. The molecule has 3 aromatic rings. The van der Waals surface area contributed by atoms with Crippen LogP contribution in [0.5, 0.6) is 11.5 Å². The highest BCUT2D eigenvalue weighted by Gasteiger charge is 2.48. The number of hydrogen-bond donors (Lipinski definition) is 0. The third kappa shape index (κ3) is 5.26. The fourth-order valence-corrected chi connectivity index (χ4v) is 7.65. The molecule has 6 heteroatoms. The molecule has 6 rings (SSSR count). The number of halogens is 1. The Hall–Kier alpha value is -3.57. The first-order valence-corrected chi connectivity index (χ1v) is 15.6. The van der Waals surface area contributed by atoms with Crippen molar-refractivity contribution < 1.29 is 19.1 Å². The van der Waals surface area contributed by atoms with Gasteiger partial charge >= 0.3 is 0 Å². The van der Waals surface area contributed by atoms with Crippen LogP contribution in [0.25, 0.3) is 10.8 Å². The maximum atomic E-state index is 14.0. The third-order valence-electron chi connectivity index (χ3n) is 9.18. The van der Waals surface area contributed by atoms with Gasteiger partial charge in [0.2, 0.25) is 0 Å². The molecule has 5 nitrogen and oxygen atoms in total. The molecule has 0 N–H and O–H groups in total. The van der Waals surface area contributed by atoms with E-state index >= 15 is 0 Å². The van der Waals surface area contributed by atoms with Gasteiger partial charge in [0.15, 0.2) is 23.1 Å². The molecule has 0 radical (unpaired) electrons. The minimum Gasteiger partial charge on any atom is -0.493 e. The number of allylic oxidation sites excluding steroid dienone is 4. The maximum Gasteiger partial charge on any atom is 0.180 e. The molecule has 0 fully saturated rings. The normalized spacial score (nSPS) is 19.9. The molecule has 1 heterocycles. The number of fused-ring (bicyclic) bond motifs is 1. The van der Waals surface area contributed by atoms with Crippen molar-refractivity contribution in [2.45, 2.75) is 72.8 Å². The van der Waals surface area contributed by atoms with E-state index in [1.807, 2.05) is 36.4 Å². The maximum absolute atomic E-state index is 14.0. The number of benzene rings is 3. The van der Waals surface area contributed by atoms with Crippen LogP contribution in [0.3, 0.4) is 0 Å². The van der Waals surface area contributed by atoms with Gasteiger partial charge in [-0.1, -0.05) is 81.8 Å². The first kappa shape index (κ1) is 29.5. The number of nitrogens with zero attached hydrogens (tertiary/aromatic N) is 1. The Balaban J connectivity index is 1.46. The fraction of sp³-hybridized carbons (Fsp3) is 0.405. The highest BCUT2D eigenvalue weighted by Crippen LogP contribution is 2.55. The van der Waals surface area contributed by atoms with Crippen LogP contribution in [0, 0.1) is 10.8 Å². The van der Waals surface area contributed by atoms with Crippen LogP contribution in [0.2, 0.25) is 5.02 Å². The van der Waals surface area contributed by atoms with Crippen molar-refractivity contribution in [2.75, 3.05) is 13.7 Å². The number of carbonyl (C=O) groups excluding carboxylic acids is 2. The molecule has 2 aliphatic carbocycles. The van der Waals surface area contributed by atoms with Gasteiger partial charge in [-0.15, -0.1) is 0 Å². The summed E-state index contributed by atoms with van der Waals surface area (Å²) in [5.74, 6) is 0.647. The monoisotopic (exact) mass is 597 g/mol. The smallest absolute Gasteiger partial charge is 0.180 e. The van der Waals surface area contributed by atoms with Crippen LogP contribution in [0.15, 0.2) is 77.1 Å². The number of Topliss-reactive ketones (excluding diaryl/α,β-unsaturated/α-hetero) is 2. The van der Waals surface area contributed by atoms with Gasteiger partial charge in [0, 0.05) is 47.8 Å². The number of carbonyl (C=O) groups is 2. The topological polar surface area (TPSA) is 55.8 Å². The van der Waals surface area contributed by atoms with Gasteiger partial charge in [-0.3, -0.25) is 9.59 Å². The van der Waals surface area contributed by atoms with Gasteiger partial charge in [0.25, 0.3) is 0 Å². The van der Waals surface area contributed by atoms with E-state index in [1.54, 1.807) is 7.11 Å². The largest absolute Gasteiger partial charge is 0.493 e. The van der Waals surface area contributed by atoms with Gasteiger partial charge in [-0.25, -0.2) is 0 Å². The van der Waals surface area contributed by atoms with E-state index < -0.39 is 5.92 Å². The number of hydrogen-bond acceptors (Lipinski definition) is 5. The average Bonchev–Trinajstić information content (AvgIpc) is 2.94. The van der Waals surface area contributed by atoms with E-state index in [2.05, 4.69) is 57.7 Å². The van der Waals surface area contributed by atoms with Crippen LogP contribution < -0.4 is 9.47 Å². The summed E-state index contributed by atoms with van der Waals surface area (Å²) in [6.07, 6.45) is 2.44. The van der Waals surface area contributed by atoms with E-state index in [0.29, 0.717) is 42.5 Å². The van der Waals surface area contributed by atoms with Crippen LogP contribution >= 0.6 is 11.6 Å². The Bertz CT molecular complexity index is 1650. The molecular formula is C37H40ClNO4. The zero-order chi connectivity index (χ0) is 30.7. The SMILES string of the molecule is CCN1C2=C(C(=O)CC(C)(C)C2)C(c2cc(Cl)c(OCc3cccc4ccccc34)c(OC)c2)C2=C1CC(C)(C)CC2=O. The zero-order valence-electron chi connectivity index (χ0n) is 26.0. The predicted molar refractivity (Wildman–Crippen MR) is 172 cm³/mol. The van der Waals surface area contributed by atoms with Gasteiger partial charge in [-0.2, -0.15) is 0 Å². The van der Waals surface area contributed by atoms with E-state index in [0.717, 1.165) is 57.3 Å². The predicted octanol–water partition coefficient (Wildman–Crippen LogP) is 8.79. The van der Waals surface area contributed by atoms with Crippen molar-refractivity contribution in [3.05, 3.63) is 93.3 Å². The Morgan fingerprint density at radius 1 is 0.860 bits per heavy atom. The molecule has 0 saturated heterocycles. The lowest BCUT2D eigenvalue weighted by Crippen LogP contribution is -2.44. The number of ether oxygens (including phenoxy) is 2. The standard InChI is InChI=1S/C37H40ClNO4/c1-7-39-27-17-36(2,3)19-29(40)33(27)32(34-28(39)18-37(4,5)20-30(34)41)24-15-26(38)35(31(16-24)42-6)43-21-23-13-10-12-22-11-8-9-14-25(22)23/h8-16,32H,7,17-21H2,1-6H3. The summed E-state index contributed by atoms with van der Waals surface area (Å²) < 4.78 is 12.2. The molecule has 3 aliphatic rings. The van der Waals surface area contributed by atoms with Crippen LogP contribution in [-0.2, 0) is 16.2 Å². The third-order valence-corrected chi connectivity index (χ3v) is 9.46. The Morgan fingerprint density at radius 2 is 1.47 bits per heavy atom. The quantitative estimate of drug-likeness (QED) is 0.284. The summed E-state index contributed by atoms with van der Waals surface area (Å²) in [6, 6.07) is 18.1. The lowest BCUT2D eigenvalue weighted by Gasteiger charge is -2.49. The van der Waals surface area contributed by atoms with Gasteiger partial charge in [0.1, 0.15) is 6.61 Å². The second-order valence-corrected chi connectivity index (χ2v) is 14.1. The van der Waals surface area contributed by atoms with E-state index in [9.17, 15) is 9.59 Å². The van der Waals surface area contributed by atoms with Crippen molar-refractivity contribution >= 4 is 33.9 Å². The summed E-state index contributed by atoms with van der Waals surface area (Å²) in [7, 11) is 1.60. The van der Waals surface area contributed by atoms with Crippen molar-refractivity contribution in [1.82, 2.24) is 4.90 Å². The van der Waals surface area contributed by atoms with Crippen LogP contribution in [0.4, 0.5) is 0 Å². The fourth-order valence-electron chi connectivity index (χ4n) is 7.38. The highest BCUT2D eigenvalue weighted by atomic mass is 35.5. The molecule has 0 saturated carbocycles. The molecule has 224 valence electrons. The number of methoxy groups -OCH3 is 1. The lowest BCUT2D eigenvalue weighted by molar-refractivity contribution is -0.119. The van der Waals surface area contributed by atoms with Crippen LogP contribution in [0.1, 0.15) is 77.3 Å². The summed E-state index contributed by atoms with van der Waals surface area (Å²) >= 11 is 6.97. The van der Waals surface area contributed by atoms with Gasteiger partial charge in [-0.05, 0) is 64.6 Å². The minimum absolute atomic E-state index is 0.102. The van der Waals surface area contributed by atoms with E-state index in [1.165, 1.54) is 0 Å². The van der Waals surface area contributed by atoms with E-state index in [4.69, 9.17) is 21.1 Å². The summed E-state index contributed by atoms with van der Waals surface area (Å²) in [6.45, 7) is 11.7.